The Morgan fingerprint density at radius 2 is 1.92 bits per heavy atom. The molecule has 0 saturated carbocycles. The average Bonchev–Trinajstić information content (AvgIpc) is 2.56. The normalized spacial score (nSPS) is 10.0. The summed E-state index contributed by atoms with van der Waals surface area (Å²) >= 11 is 0. The topological polar surface area (TPSA) is 108 Å². The van der Waals surface area contributed by atoms with Gasteiger partial charge in [-0.3, -0.25) is 9.59 Å². The molecule has 2 rings (SSSR count). The number of ether oxygens (including phenoxy) is 1. The summed E-state index contributed by atoms with van der Waals surface area (Å²) in [6, 6.07) is 11.7. The Labute approximate surface area is 138 Å². The number of aliphatic carboxylic acids is 1. The quantitative estimate of drug-likeness (QED) is 0.788. The van der Waals surface area contributed by atoms with Crippen LogP contribution in [0.15, 0.2) is 36.4 Å². The third-order valence-corrected chi connectivity index (χ3v) is 3.39. The lowest BCUT2D eigenvalue weighted by Crippen LogP contribution is -2.05. The zero-order valence-corrected chi connectivity index (χ0v) is 12.9. The molecule has 0 bridgehead atoms. The van der Waals surface area contributed by atoms with Gasteiger partial charge >= 0.3 is 5.97 Å². The molecule has 0 aliphatic carbocycles. The number of carbonyl (C=O) groups excluding carboxylic acids is 1. The Hall–Kier alpha value is -3.33. The fraction of sp³-hybridized carbons (Fsp3) is 0.167. The number of phenols is 1. The Bertz CT molecular complexity index is 836. The van der Waals surface area contributed by atoms with Crippen LogP contribution in [0.3, 0.4) is 0 Å². The summed E-state index contributed by atoms with van der Waals surface area (Å²) in [7, 11) is 0. The fourth-order valence-corrected chi connectivity index (χ4v) is 2.12. The molecule has 0 heterocycles. The zero-order valence-electron chi connectivity index (χ0n) is 12.9. The van der Waals surface area contributed by atoms with Gasteiger partial charge in [0, 0.05) is 12.5 Å². The summed E-state index contributed by atoms with van der Waals surface area (Å²) in [4.78, 5) is 22.7. The van der Waals surface area contributed by atoms with Crippen molar-refractivity contribution in [3.8, 4) is 23.3 Å². The molecule has 0 aromatic heterocycles. The van der Waals surface area contributed by atoms with Gasteiger partial charge in [-0.1, -0.05) is 18.2 Å². The Morgan fingerprint density at radius 3 is 2.54 bits per heavy atom. The molecule has 0 unspecified atom stereocenters. The number of rotatable bonds is 6. The van der Waals surface area contributed by atoms with E-state index in [0.717, 1.165) is 5.56 Å². The number of carboxylic acid groups (broad SMARTS) is 1. The lowest BCUT2D eigenvalue weighted by atomic mass is 10.0. The highest BCUT2D eigenvalue weighted by Crippen LogP contribution is 2.32. The molecule has 24 heavy (non-hydrogen) atoms. The van der Waals surface area contributed by atoms with Gasteiger partial charge in [-0.15, -0.1) is 0 Å². The van der Waals surface area contributed by atoms with Gasteiger partial charge in [0.05, 0.1) is 17.5 Å². The van der Waals surface area contributed by atoms with E-state index in [9.17, 15) is 14.7 Å². The predicted octanol–water partition coefficient (Wildman–Crippen LogP) is 3.41. The molecule has 2 N–H and O–H groups in total. The van der Waals surface area contributed by atoms with E-state index in [1.165, 1.54) is 12.1 Å². The minimum atomic E-state index is -1.12. The number of hydrogen-bond donors (Lipinski definition) is 2. The molecule has 0 aliphatic rings. The minimum absolute atomic E-state index is 0.111. The second-order valence-electron chi connectivity index (χ2n) is 5.16. The van der Waals surface area contributed by atoms with Crippen LogP contribution in [0.4, 0.5) is 0 Å². The number of ketones is 1. The maximum absolute atomic E-state index is 12.1. The van der Waals surface area contributed by atoms with Crippen molar-refractivity contribution in [3.63, 3.8) is 0 Å². The summed E-state index contributed by atoms with van der Waals surface area (Å²) in [5.74, 6) is -1.38. The maximum Gasteiger partial charge on any atom is 0.303 e. The number of aromatic hydroxyl groups is 1. The van der Waals surface area contributed by atoms with Crippen molar-refractivity contribution < 1.29 is 24.5 Å². The van der Waals surface area contributed by atoms with Crippen LogP contribution >= 0.6 is 0 Å². The number of carboxylic acids is 1. The Morgan fingerprint density at radius 1 is 1.21 bits per heavy atom. The first-order valence-corrected chi connectivity index (χ1v) is 7.18. The van der Waals surface area contributed by atoms with Gasteiger partial charge in [0.25, 0.3) is 0 Å². The average molecular weight is 325 g/mol. The fourth-order valence-electron chi connectivity index (χ4n) is 2.12. The second-order valence-corrected chi connectivity index (χ2v) is 5.16. The smallest absolute Gasteiger partial charge is 0.303 e. The number of nitrogens with zero attached hydrogens (tertiary/aromatic N) is 1. The molecule has 0 fully saturated rings. The van der Waals surface area contributed by atoms with Gasteiger partial charge in [-0.25, -0.2) is 0 Å². The van der Waals surface area contributed by atoms with E-state index in [-0.39, 0.29) is 29.7 Å². The largest absolute Gasteiger partial charge is 0.506 e. The standard InChI is InChI=1S/C18H15NO5/c1-11-4-2-3-5-16(11)24-13-8-12(10-19)18(23)14(9-13)15(20)6-7-17(21)22/h2-5,8-9,23H,6-7H2,1H3,(H,21,22). The minimum Gasteiger partial charge on any atom is -0.506 e. The number of hydrogen-bond acceptors (Lipinski definition) is 5. The lowest BCUT2D eigenvalue weighted by molar-refractivity contribution is -0.136. The first-order valence-electron chi connectivity index (χ1n) is 7.18. The van der Waals surface area contributed by atoms with Crippen molar-refractivity contribution in [2.75, 3.05) is 0 Å². The van der Waals surface area contributed by atoms with Gasteiger partial charge in [0.15, 0.2) is 5.78 Å². The van der Waals surface area contributed by atoms with Crippen LogP contribution in [-0.2, 0) is 4.79 Å². The molecule has 6 nitrogen and oxygen atoms in total. The molecule has 0 radical (unpaired) electrons. The highest BCUT2D eigenvalue weighted by Gasteiger charge is 2.18. The highest BCUT2D eigenvalue weighted by molar-refractivity contribution is 6.00. The van der Waals surface area contributed by atoms with Gasteiger partial charge in [-0.2, -0.15) is 5.26 Å². The molecule has 0 aliphatic heterocycles. The van der Waals surface area contributed by atoms with Crippen LogP contribution in [0.2, 0.25) is 0 Å². The summed E-state index contributed by atoms with van der Waals surface area (Å²) in [5, 5.41) is 27.8. The first-order chi connectivity index (χ1) is 11.4. The first kappa shape index (κ1) is 17.0. The van der Waals surface area contributed by atoms with Gasteiger partial charge in [-0.05, 0) is 24.6 Å². The molecule has 0 amide bonds. The number of carbonyl (C=O) groups is 2. The number of para-hydroxylation sites is 1. The molecule has 2 aromatic rings. The summed E-state index contributed by atoms with van der Waals surface area (Å²) in [6.07, 6.45) is -0.634. The van der Waals surface area contributed by atoms with Crippen molar-refractivity contribution in [2.24, 2.45) is 0 Å². The predicted molar refractivity (Wildman–Crippen MR) is 85.3 cm³/mol. The van der Waals surface area contributed by atoms with Gasteiger partial charge in [0.2, 0.25) is 0 Å². The molecule has 122 valence electrons. The molecule has 0 atom stereocenters. The SMILES string of the molecule is Cc1ccccc1Oc1cc(C#N)c(O)c(C(=O)CCC(=O)O)c1. The molecule has 2 aromatic carbocycles. The van der Waals surface area contributed by atoms with Crippen LogP contribution in [0.5, 0.6) is 17.2 Å². The van der Waals surface area contributed by atoms with E-state index in [0.29, 0.717) is 5.75 Å². The van der Waals surface area contributed by atoms with E-state index in [1.807, 2.05) is 19.1 Å². The van der Waals surface area contributed by atoms with Crippen LogP contribution in [0.1, 0.15) is 34.3 Å². The van der Waals surface area contributed by atoms with E-state index < -0.39 is 17.5 Å². The van der Waals surface area contributed by atoms with E-state index in [2.05, 4.69) is 0 Å². The zero-order chi connectivity index (χ0) is 17.7. The van der Waals surface area contributed by atoms with Crippen LogP contribution in [0.25, 0.3) is 0 Å². The number of aryl methyl sites for hydroxylation is 1. The van der Waals surface area contributed by atoms with E-state index >= 15 is 0 Å². The van der Waals surface area contributed by atoms with Crippen molar-refractivity contribution in [2.45, 2.75) is 19.8 Å². The van der Waals surface area contributed by atoms with Crippen LogP contribution < -0.4 is 4.74 Å². The van der Waals surface area contributed by atoms with Crippen molar-refractivity contribution >= 4 is 11.8 Å². The molecule has 0 spiro atoms. The van der Waals surface area contributed by atoms with Crippen LogP contribution in [-0.4, -0.2) is 22.0 Å². The third-order valence-electron chi connectivity index (χ3n) is 3.39. The third kappa shape index (κ3) is 3.90. The number of phenolic OH excluding ortho intramolecular Hbond substituents is 1. The maximum atomic E-state index is 12.1. The van der Waals surface area contributed by atoms with Crippen molar-refractivity contribution in [1.82, 2.24) is 0 Å². The van der Waals surface area contributed by atoms with E-state index in [1.54, 1.807) is 18.2 Å². The second kappa shape index (κ2) is 7.29. The summed E-state index contributed by atoms with van der Waals surface area (Å²) in [6.45, 7) is 1.85. The Kier molecular flexibility index (Phi) is 5.17. The van der Waals surface area contributed by atoms with Crippen molar-refractivity contribution in [3.05, 3.63) is 53.1 Å². The molecule has 6 heteroatoms. The van der Waals surface area contributed by atoms with Crippen LogP contribution in [0, 0.1) is 18.3 Å². The molecule has 0 saturated heterocycles. The number of nitriles is 1. The number of Topliss-reactive ketones (excluding diaryl/α,β-unsaturated/α-hetero) is 1. The van der Waals surface area contributed by atoms with Gasteiger partial charge in [0.1, 0.15) is 23.3 Å². The monoisotopic (exact) mass is 325 g/mol. The van der Waals surface area contributed by atoms with Crippen molar-refractivity contribution in [1.29, 1.82) is 5.26 Å². The molecular weight excluding hydrogens is 310 g/mol. The highest BCUT2D eigenvalue weighted by atomic mass is 16.5. The lowest BCUT2D eigenvalue weighted by Gasteiger charge is -2.11. The summed E-state index contributed by atoms with van der Waals surface area (Å²) < 4.78 is 5.69. The van der Waals surface area contributed by atoms with Gasteiger partial charge < -0.3 is 14.9 Å². The van der Waals surface area contributed by atoms with E-state index in [4.69, 9.17) is 15.1 Å². The summed E-state index contributed by atoms with van der Waals surface area (Å²) in [5.41, 5.74) is 0.626. The Balaban J connectivity index is 2.38. The molecular formula is C18H15NO5. The number of benzene rings is 2.